The molecule has 4 aromatic carbocycles. The van der Waals surface area contributed by atoms with Gasteiger partial charge in [0.15, 0.2) is 4.90 Å². The quantitative estimate of drug-likeness (QED) is 0.0592. The Morgan fingerprint density at radius 2 is 1.71 bits per heavy atom. The molecule has 9 rings (SSSR count). The Balaban J connectivity index is 0.892. The second kappa shape index (κ2) is 19.8. The lowest BCUT2D eigenvalue weighted by atomic mass is 9.72. The Bertz CT molecular complexity index is 2530. The molecular formula is C50H58ClN7O6S. The molecular weight excluding hydrogens is 862 g/mol. The van der Waals surface area contributed by atoms with Gasteiger partial charge in [-0.1, -0.05) is 49.2 Å². The van der Waals surface area contributed by atoms with E-state index in [1.807, 2.05) is 54.7 Å². The first kappa shape index (κ1) is 45.1. The number of nitrogens with one attached hydrogen (secondary N) is 3. The summed E-state index contributed by atoms with van der Waals surface area (Å²) in [5, 5.41) is 17.3. The monoisotopic (exact) mass is 919 g/mol. The summed E-state index contributed by atoms with van der Waals surface area (Å²) in [5.74, 6) is 0.248. The van der Waals surface area contributed by atoms with Gasteiger partial charge in [0.2, 0.25) is 0 Å². The number of carbonyl (C=O) groups is 1. The Hall–Kier alpha value is -5.09. The number of allylic oxidation sites excluding steroid dienone is 1. The van der Waals surface area contributed by atoms with Crippen molar-refractivity contribution in [2.24, 2.45) is 5.41 Å². The summed E-state index contributed by atoms with van der Waals surface area (Å²) < 4.78 is 28.5. The number of piperazine rings is 1. The molecule has 15 heteroatoms. The van der Waals surface area contributed by atoms with Crippen LogP contribution in [0.2, 0.25) is 5.02 Å². The van der Waals surface area contributed by atoms with Gasteiger partial charge in [-0.3, -0.25) is 24.7 Å². The Kier molecular flexibility index (Phi) is 13.7. The second-order valence-electron chi connectivity index (χ2n) is 18.6. The number of H-pyrrole nitrogens is 1. The van der Waals surface area contributed by atoms with Gasteiger partial charge in [0.05, 0.1) is 29.8 Å². The number of benzene rings is 4. The number of carbonyl (C=O) groups excluding carboxylic acids is 1. The van der Waals surface area contributed by atoms with Crippen molar-refractivity contribution >= 4 is 62.4 Å². The van der Waals surface area contributed by atoms with Gasteiger partial charge in [0, 0.05) is 91.8 Å². The van der Waals surface area contributed by atoms with Crippen LogP contribution in [0, 0.1) is 15.5 Å². The Morgan fingerprint density at radius 3 is 2.46 bits per heavy atom. The van der Waals surface area contributed by atoms with Crippen LogP contribution in [0.3, 0.4) is 0 Å². The molecule has 1 unspecified atom stereocenters. The highest BCUT2D eigenvalue weighted by Gasteiger charge is 2.32. The van der Waals surface area contributed by atoms with E-state index >= 15 is 0 Å². The largest absolute Gasteiger partial charge is 0.588 e. The summed E-state index contributed by atoms with van der Waals surface area (Å²) >= 11 is 4.16. The van der Waals surface area contributed by atoms with Gasteiger partial charge < -0.3 is 29.2 Å². The minimum Gasteiger partial charge on any atom is -0.588 e. The first-order valence-electron chi connectivity index (χ1n) is 22.9. The van der Waals surface area contributed by atoms with Crippen molar-refractivity contribution in [2.75, 3.05) is 69.2 Å². The molecule has 1 amide bonds. The molecule has 0 bridgehead atoms. The van der Waals surface area contributed by atoms with Gasteiger partial charge in [-0.2, -0.15) is 4.72 Å². The molecule has 1 aromatic heterocycles. The van der Waals surface area contributed by atoms with Crippen LogP contribution in [0.25, 0.3) is 16.5 Å². The van der Waals surface area contributed by atoms with Crippen LogP contribution in [-0.4, -0.2) is 101 Å². The van der Waals surface area contributed by atoms with Gasteiger partial charge in [0.25, 0.3) is 11.6 Å². The first-order valence-corrected chi connectivity index (χ1v) is 24.4. The normalized spacial score (nSPS) is 21.3. The summed E-state index contributed by atoms with van der Waals surface area (Å²) in [6, 6.07) is 26.4. The lowest BCUT2D eigenvalue weighted by Gasteiger charge is -2.39. The van der Waals surface area contributed by atoms with Crippen LogP contribution in [0.4, 0.5) is 17.1 Å². The van der Waals surface area contributed by atoms with Crippen molar-refractivity contribution in [3.05, 3.63) is 123 Å². The van der Waals surface area contributed by atoms with E-state index in [1.54, 1.807) is 18.2 Å². The van der Waals surface area contributed by atoms with E-state index in [4.69, 9.17) is 21.1 Å². The predicted molar refractivity (Wildman–Crippen MR) is 259 cm³/mol. The highest BCUT2D eigenvalue weighted by molar-refractivity contribution is 7.90. The molecule has 2 aliphatic heterocycles. The molecule has 2 aliphatic carbocycles. The molecule has 342 valence electrons. The topological polar surface area (TPSA) is 151 Å². The molecule has 3 heterocycles. The third-order valence-electron chi connectivity index (χ3n) is 13.7. The molecule has 3 fully saturated rings. The van der Waals surface area contributed by atoms with Crippen LogP contribution >= 0.6 is 11.6 Å². The van der Waals surface area contributed by atoms with Gasteiger partial charge in [0.1, 0.15) is 28.5 Å². The fraction of sp³-hybridized carbons (Fsp3) is 0.420. The number of fused-ring (bicyclic) bond motifs is 1. The van der Waals surface area contributed by atoms with Crippen molar-refractivity contribution in [3.8, 4) is 11.5 Å². The number of amides is 1. The maximum absolute atomic E-state index is 14.1. The van der Waals surface area contributed by atoms with E-state index in [0.29, 0.717) is 23.2 Å². The fourth-order valence-corrected chi connectivity index (χ4v) is 10.9. The molecule has 2 saturated heterocycles. The number of aromatic nitrogens is 1. The summed E-state index contributed by atoms with van der Waals surface area (Å²) in [7, 11) is 0. The second-order valence-corrected chi connectivity index (χ2v) is 20.3. The minimum absolute atomic E-state index is 0.0884. The van der Waals surface area contributed by atoms with Crippen LogP contribution in [0.5, 0.6) is 11.5 Å². The molecule has 3 N–H and O–H groups in total. The molecule has 1 atom stereocenters. The average Bonchev–Trinajstić information content (AvgIpc) is 3.81. The molecule has 5 aromatic rings. The maximum atomic E-state index is 14.1. The molecule has 13 nitrogen and oxygen atoms in total. The maximum Gasteiger partial charge on any atom is 0.297 e. The van der Waals surface area contributed by atoms with Crippen LogP contribution in [0.15, 0.2) is 102 Å². The van der Waals surface area contributed by atoms with Crippen LogP contribution in [-0.2, 0) is 16.1 Å². The molecule has 65 heavy (non-hydrogen) atoms. The minimum atomic E-state index is -2.11. The average molecular weight is 921 g/mol. The number of nitrogens with zero attached hydrogens (tertiary/aromatic N) is 4. The van der Waals surface area contributed by atoms with Gasteiger partial charge in [-0.25, -0.2) is 0 Å². The van der Waals surface area contributed by atoms with Crippen molar-refractivity contribution in [3.63, 3.8) is 0 Å². The number of hydrogen-bond acceptors (Lipinski definition) is 10. The molecule has 1 saturated carbocycles. The zero-order valence-electron chi connectivity index (χ0n) is 37.2. The first-order chi connectivity index (χ1) is 31.5. The number of morpholine rings is 1. The lowest BCUT2D eigenvalue weighted by molar-refractivity contribution is -0.384. The number of aromatic amines is 1. The SMILES string of the molecule is CC1(C)CCC(CN2CCN(c3ccc(C(=O)N[S+]([O-])c4ccc(NC5CCC(N6CCOCC6)CC5)c([N+](=O)[O-])c4)c(Oc4cccc5[nH]ccc45)c3)CC2)=C(c2ccc(Cl)cc2)C1. The third-order valence-corrected chi connectivity index (χ3v) is 15.0. The number of anilines is 2. The highest BCUT2D eigenvalue weighted by Crippen LogP contribution is 2.44. The van der Waals surface area contributed by atoms with Gasteiger partial charge in [-0.05, 0) is 116 Å². The van der Waals surface area contributed by atoms with Crippen LogP contribution in [0.1, 0.15) is 74.7 Å². The summed E-state index contributed by atoms with van der Waals surface area (Å²) in [5.41, 5.74) is 6.62. The zero-order valence-corrected chi connectivity index (χ0v) is 38.7. The predicted octanol–water partition coefficient (Wildman–Crippen LogP) is 9.82. The third kappa shape index (κ3) is 10.6. The van der Waals surface area contributed by atoms with E-state index in [9.17, 15) is 19.5 Å². The van der Waals surface area contributed by atoms with Crippen molar-refractivity contribution < 1.29 is 23.7 Å². The number of halogens is 1. The summed E-state index contributed by atoms with van der Waals surface area (Å²) in [6.07, 6.45) is 8.91. The number of nitro benzene ring substituents is 1. The number of rotatable bonds is 13. The van der Waals surface area contributed by atoms with E-state index in [1.165, 1.54) is 22.8 Å². The van der Waals surface area contributed by atoms with Gasteiger partial charge in [-0.15, -0.1) is 0 Å². The van der Waals surface area contributed by atoms with E-state index < -0.39 is 22.2 Å². The zero-order chi connectivity index (χ0) is 45.1. The van der Waals surface area contributed by atoms with E-state index in [-0.39, 0.29) is 27.6 Å². The fourth-order valence-electron chi connectivity index (χ4n) is 9.99. The molecule has 0 spiro atoms. The highest BCUT2D eigenvalue weighted by atomic mass is 35.5. The van der Waals surface area contributed by atoms with E-state index in [0.717, 1.165) is 126 Å². The Labute approximate surface area is 388 Å². The van der Waals surface area contributed by atoms with Crippen LogP contribution < -0.4 is 19.7 Å². The van der Waals surface area contributed by atoms with Gasteiger partial charge >= 0.3 is 0 Å². The molecule has 0 radical (unpaired) electrons. The van der Waals surface area contributed by atoms with Crippen molar-refractivity contribution in [1.82, 2.24) is 19.5 Å². The number of hydrogen-bond donors (Lipinski definition) is 3. The Morgan fingerprint density at radius 1 is 0.938 bits per heavy atom. The summed E-state index contributed by atoms with van der Waals surface area (Å²) in [6.45, 7) is 12.4. The number of nitro groups is 1. The lowest BCUT2D eigenvalue weighted by Crippen LogP contribution is -2.47. The van der Waals surface area contributed by atoms with Crippen molar-refractivity contribution in [1.29, 1.82) is 0 Å². The standard InChI is InChI=1S/C50H58ClN7O6S/c1-50(2)20-18-35(43(32-50)34-6-8-36(51)9-7-34)33-55-22-24-56(25-23-55)39-14-16-42(48(30-39)64-47-5-3-4-44-41(47)19-21-52-44)49(59)54-65(62)40-15-17-45(46(31-40)58(60)61)53-37-10-12-38(13-11-37)57-26-28-63-29-27-57/h3-9,14-17,19,21,30-31,37-38,52-53H,10-13,18,20,22-29,32-33H2,1-2H3,(H,54,59). The van der Waals surface area contributed by atoms with Crippen molar-refractivity contribution in [2.45, 2.75) is 75.8 Å². The number of ether oxygens (including phenoxy) is 2. The summed E-state index contributed by atoms with van der Waals surface area (Å²) in [4.78, 5) is 36.6. The smallest absolute Gasteiger partial charge is 0.297 e. The molecule has 4 aliphatic rings. The van der Waals surface area contributed by atoms with E-state index in [2.05, 4.69) is 55.7 Å².